The molecule has 0 fully saturated rings. The lowest BCUT2D eigenvalue weighted by Crippen LogP contribution is -2.24. The van der Waals surface area contributed by atoms with Gasteiger partial charge in [0.15, 0.2) is 0 Å². The minimum Gasteiger partial charge on any atom is -0.381 e. The molecule has 0 aliphatic heterocycles. The predicted octanol–water partition coefficient (Wildman–Crippen LogP) is 0.212. The molecule has 1 rings (SSSR count). The van der Waals surface area contributed by atoms with Crippen molar-refractivity contribution in [3.8, 4) is 0 Å². The average molecular weight is 254 g/mol. The highest BCUT2D eigenvalue weighted by atomic mass is 16.5. The first kappa shape index (κ1) is 14.7. The van der Waals surface area contributed by atoms with Crippen LogP contribution >= 0.6 is 0 Å². The lowest BCUT2D eigenvalue weighted by atomic mass is 10.1. The van der Waals surface area contributed by atoms with Gasteiger partial charge in [-0.1, -0.05) is 0 Å². The third kappa shape index (κ3) is 6.36. The number of nitrogens with zero attached hydrogens (tertiary/aromatic N) is 1. The Kier molecular flexibility index (Phi) is 7.05. The highest BCUT2D eigenvalue weighted by Crippen LogP contribution is 2.03. The molecular weight excluding hydrogens is 232 g/mol. The zero-order chi connectivity index (χ0) is 13.2. The molecule has 0 radical (unpaired) electrons. The second-order valence-electron chi connectivity index (χ2n) is 4.20. The molecular formula is C12H22N4O2. The molecule has 0 aromatic carbocycles. The van der Waals surface area contributed by atoms with Gasteiger partial charge in [-0.3, -0.25) is 9.89 Å². The Labute approximate surface area is 107 Å². The quantitative estimate of drug-likeness (QED) is 0.549. The summed E-state index contributed by atoms with van der Waals surface area (Å²) >= 11 is 0. The standard InChI is InChI=1S/C12H22N4O2/c1-14-12(17)6-9-18-8-5-10(13)2-3-11-4-7-15-16-11/h4,7,10H,2-3,5-6,8-9,13H2,1H3,(H,14,17)(H,15,16). The van der Waals surface area contributed by atoms with E-state index in [-0.39, 0.29) is 11.9 Å². The molecule has 0 saturated heterocycles. The first-order chi connectivity index (χ1) is 8.72. The summed E-state index contributed by atoms with van der Waals surface area (Å²) in [6.07, 6.45) is 4.75. The first-order valence-electron chi connectivity index (χ1n) is 6.24. The number of H-pyrrole nitrogens is 1. The van der Waals surface area contributed by atoms with E-state index in [0.29, 0.717) is 19.6 Å². The van der Waals surface area contributed by atoms with E-state index >= 15 is 0 Å². The molecule has 1 unspecified atom stereocenters. The van der Waals surface area contributed by atoms with Gasteiger partial charge in [0.25, 0.3) is 0 Å². The van der Waals surface area contributed by atoms with Gasteiger partial charge in [-0.15, -0.1) is 0 Å². The zero-order valence-electron chi connectivity index (χ0n) is 10.8. The van der Waals surface area contributed by atoms with Gasteiger partial charge in [-0.2, -0.15) is 5.10 Å². The summed E-state index contributed by atoms with van der Waals surface area (Å²) in [6.45, 7) is 1.05. The summed E-state index contributed by atoms with van der Waals surface area (Å²) in [4.78, 5) is 10.9. The maximum Gasteiger partial charge on any atom is 0.222 e. The van der Waals surface area contributed by atoms with Crippen LogP contribution in [0.4, 0.5) is 0 Å². The van der Waals surface area contributed by atoms with Crippen molar-refractivity contribution >= 4 is 5.91 Å². The zero-order valence-corrected chi connectivity index (χ0v) is 10.8. The first-order valence-corrected chi connectivity index (χ1v) is 6.24. The van der Waals surface area contributed by atoms with Gasteiger partial charge < -0.3 is 15.8 Å². The maximum absolute atomic E-state index is 10.9. The summed E-state index contributed by atoms with van der Waals surface area (Å²) in [7, 11) is 1.62. The molecule has 4 N–H and O–H groups in total. The summed E-state index contributed by atoms with van der Waals surface area (Å²) in [5.74, 6) is -0.00135. The second kappa shape index (κ2) is 8.66. The number of aromatic nitrogens is 2. The Morgan fingerprint density at radius 3 is 3.06 bits per heavy atom. The Bertz CT molecular complexity index is 327. The number of carbonyl (C=O) groups excluding carboxylic acids is 1. The number of nitrogens with two attached hydrogens (primary N) is 1. The van der Waals surface area contributed by atoms with Gasteiger partial charge in [-0.25, -0.2) is 0 Å². The van der Waals surface area contributed by atoms with E-state index in [1.54, 1.807) is 13.2 Å². The highest BCUT2D eigenvalue weighted by Gasteiger charge is 2.04. The van der Waals surface area contributed by atoms with E-state index in [9.17, 15) is 4.79 Å². The molecule has 0 aliphatic rings. The SMILES string of the molecule is CNC(=O)CCOCCC(N)CCc1ccn[nH]1. The molecule has 1 heterocycles. The van der Waals surface area contributed by atoms with Crippen LogP contribution in [0.15, 0.2) is 12.3 Å². The molecule has 1 amide bonds. The van der Waals surface area contributed by atoms with Gasteiger partial charge >= 0.3 is 0 Å². The third-order valence-electron chi connectivity index (χ3n) is 2.73. The average Bonchev–Trinajstić information content (AvgIpc) is 2.88. The molecule has 102 valence electrons. The van der Waals surface area contributed by atoms with Crippen LogP contribution in [0.2, 0.25) is 0 Å². The molecule has 0 saturated carbocycles. The number of aryl methyl sites for hydroxylation is 1. The number of ether oxygens (including phenoxy) is 1. The van der Waals surface area contributed by atoms with E-state index in [0.717, 1.165) is 25.0 Å². The number of aromatic amines is 1. The Morgan fingerprint density at radius 1 is 1.56 bits per heavy atom. The van der Waals surface area contributed by atoms with E-state index in [1.807, 2.05) is 6.07 Å². The largest absolute Gasteiger partial charge is 0.381 e. The summed E-state index contributed by atoms with van der Waals surface area (Å²) in [5, 5.41) is 9.34. The van der Waals surface area contributed by atoms with E-state index < -0.39 is 0 Å². The van der Waals surface area contributed by atoms with Crippen LogP contribution in [-0.4, -0.2) is 42.4 Å². The van der Waals surface area contributed by atoms with Crippen molar-refractivity contribution in [1.82, 2.24) is 15.5 Å². The summed E-state index contributed by atoms with van der Waals surface area (Å²) in [5.41, 5.74) is 7.07. The third-order valence-corrected chi connectivity index (χ3v) is 2.73. The van der Waals surface area contributed by atoms with Crippen LogP contribution in [-0.2, 0) is 16.0 Å². The van der Waals surface area contributed by atoms with Crippen molar-refractivity contribution in [1.29, 1.82) is 0 Å². The van der Waals surface area contributed by atoms with E-state index in [1.165, 1.54) is 0 Å². The summed E-state index contributed by atoms with van der Waals surface area (Å²) < 4.78 is 5.35. The van der Waals surface area contributed by atoms with Gasteiger partial charge in [0.1, 0.15) is 0 Å². The van der Waals surface area contributed by atoms with Gasteiger partial charge in [0, 0.05) is 38.0 Å². The number of hydrogen-bond donors (Lipinski definition) is 3. The monoisotopic (exact) mass is 254 g/mol. The normalized spacial score (nSPS) is 12.3. The molecule has 1 aromatic heterocycles. The van der Waals surface area contributed by atoms with Gasteiger partial charge in [-0.05, 0) is 25.3 Å². The molecule has 6 nitrogen and oxygen atoms in total. The summed E-state index contributed by atoms with van der Waals surface area (Å²) in [6, 6.07) is 2.07. The van der Waals surface area contributed by atoms with Crippen molar-refractivity contribution in [3.05, 3.63) is 18.0 Å². The number of nitrogens with one attached hydrogen (secondary N) is 2. The number of hydrogen-bond acceptors (Lipinski definition) is 4. The fraction of sp³-hybridized carbons (Fsp3) is 0.667. The molecule has 6 heteroatoms. The van der Waals surface area contributed by atoms with Crippen molar-refractivity contribution in [2.45, 2.75) is 31.7 Å². The van der Waals surface area contributed by atoms with Crippen LogP contribution in [0.1, 0.15) is 25.0 Å². The van der Waals surface area contributed by atoms with Crippen molar-refractivity contribution in [2.75, 3.05) is 20.3 Å². The van der Waals surface area contributed by atoms with Crippen molar-refractivity contribution in [2.24, 2.45) is 5.73 Å². The fourth-order valence-electron chi connectivity index (χ4n) is 1.54. The number of rotatable bonds is 9. The van der Waals surface area contributed by atoms with E-state index in [2.05, 4.69) is 15.5 Å². The molecule has 18 heavy (non-hydrogen) atoms. The minimum atomic E-state index is -0.00135. The Balaban J connectivity index is 1.96. The lowest BCUT2D eigenvalue weighted by Gasteiger charge is -2.11. The number of amides is 1. The maximum atomic E-state index is 10.9. The smallest absolute Gasteiger partial charge is 0.222 e. The number of carbonyl (C=O) groups is 1. The fourth-order valence-corrected chi connectivity index (χ4v) is 1.54. The Hall–Kier alpha value is -1.40. The second-order valence-corrected chi connectivity index (χ2v) is 4.20. The topological polar surface area (TPSA) is 93.0 Å². The van der Waals surface area contributed by atoms with Crippen molar-refractivity contribution in [3.63, 3.8) is 0 Å². The lowest BCUT2D eigenvalue weighted by molar-refractivity contribution is -0.121. The predicted molar refractivity (Wildman–Crippen MR) is 69.0 cm³/mol. The molecule has 0 bridgehead atoms. The molecule has 0 spiro atoms. The molecule has 0 aliphatic carbocycles. The van der Waals surface area contributed by atoms with E-state index in [4.69, 9.17) is 10.5 Å². The van der Waals surface area contributed by atoms with Gasteiger partial charge in [0.05, 0.1) is 6.61 Å². The van der Waals surface area contributed by atoms with Crippen LogP contribution in [0.25, 0.3) is 0 Å². The van der Waals surface area contributed by atoms with Crippen LogP contribution in [0.5, 0.6) is 0 Å². The molecule has 1 atom stereocenters. The van der Waals surface area contributed by atoms with Gasteiger partial charge in [0.2, 0.25) is 5.91 Å². The minimum absolute atomic E-state index is 0.00135. The van der Waals surface area contributed by atoms with Crippen LogP contribution in [0, 0.1) is 0 Å². The molecule has 1 aromatic rings. The van der Waals surface area contributed by atoms with Crippen molar-refractivity contribution < 1.29 is 9.53 Å². The van der Waals surface area contributed by atoms with Crippen LogP contribution in [0.3, 0.4) is 0 Å². The Morgan fingerprint density at radius 2 is 2.39 bits per heavy atom. The highest BCUT2D eigenvalue weighted by molar-refractivity contribution is 5.75. The van der Waals surface area contributed by atoms with Crippen LogP contribution < -0.4 is 11.1 Å².